The predicted octanol–water partition coefficient (Wildman–Crippen LogP) is 4.58. The minimum atomic E-state index is -4.65. The zero-order chi connectivity index (χ0) is 26.9. The van der Waals surface area contributed by atoms with Crippen LogP contribution in [0, 0.1) is 18.8 Å². The van der Waals surface area contributed by atoms with Crippen molar-refractivity contribution in [2.45, 2.75) is 13.1 Å². The lowest BCUT2D eigenvalue weighted by Crippen LogP contribution is -2.15. The number of carbonyl (C=O) groups excluding carboxylic acids is 1. The molecule has 0 aliphatic carbocycles. The molecule has 0 spiro atoms. The number of alkyl halides is 3. The summed E-state index contributed by atoms with van der Waals surface area (Å²) in [5.74, 6) is 5.43. The highest BCUT2D eigenvalue weighted by Crippen LogP contribution is 2.28. The van der Waals surface area contributed by atoms with E-state index in [-0.39, 0.29) is 5.56 Å². The Bertz CT molecular complexity index is 1730. The van der Waals surface area contributed by atoms with Crippen molar-refractivity contribution in [2.75, 3.05) is 10.6 Å². The Morgan fingerprint density at radius 2 is 1.82 bits per heavy atom. The molecule has 12 heteroatoms. The number of pyridine rings is 1. The summed E-state index contributed by atoms with van der Waals surface area (Å²) in [6.45, 7) is 1.86. The number of anilines is 3. The van der Waals surface area contributed by atoms with Crippen LogP contribution in [0.1, 0.15) is 32.9 Å². The molecule has 0 radical (unpaired) electrons. The Hall–Kier alpha value is -5.18. The fraction of sp³-hybridized carbons (Fsp3) is 0.115. The predicted molar refractivity (Wildman–Crippen MR) is 134 cm³/mol. The summed E-state index contributed by atoms with van der Waals surface area (Å²) in [4.78, 5) is 20.3. The van der Waals surface area contributed by atoms with Crippen molar-refractivity contribution in [3.05, 3.63) is 95.5 Å². The van der Waals surface area contributed by atoms with Gasteiger partial charge in [-0.25, -0.2) is 9.50 Å². The number of fused-ring (bicyclic) bond motifs is 1. The minimum absolute atomic E-state index is 0.159. The Morgan fingerprint density at radius 1 is 0.974 bits per heavy atom. The highest BCUT2D eigenvalue weighted by molar-refractivity contribution is 6.04. The number of rotatable bonds is 4. The minimum Gasteiger partial charge on any atom is -0.350 e. The zero-order valence-corrected chi connectivity index (χ0v) is 20.1. The van der Waals surface area contributed by atoms with Crippen molar-refractivity contribution in [1.29, 1.82) is 0 Å². The van der Waals surface area contributed by atoms with Crippen molar-refractivity contribution < 1.29 is 18.0 Å². The van der Waals surface area contributed by atoms with Gasteiger partial charge >= 0.3 is 6.18 Å². The van der Waals surface area contributed by atoms with E-state index in [9.17, 15) is 18.0 Å². The normalized spacial score (nSPS) is 11.2. The quantitative estimate of drug-likeness (QED) is 0.339. The second kappa shape index (κ2) is 9.70. The molecule has 0 unspecified atom stereocenters. The van der Waals surface area contributed by atoms with Gasteiger partial charge in [0.2, 0.25) is 0 Å². The van der Waals surface area contributed by atoms with Gasteiger partial charge in [0, 0.05) is 36.3 Å². The molecule has 2 N–H and O–H groups in total. The molecule has 38 heavy (non-hydrogen) atoms. The number of aryl methyl sites for hydroxylation is 2. The summed E-state index contributed by atoms with van der Waals surface area (Å²) >= 11 is 0. The van der Waals surface area contributed by atoms with Crippen LogP contribution in [0.15, 0.2) is 67.4 Å². The van der Waals surface area contributed by atoms with E-state index in [1.54, 1.807) is 52.1 Å². The number of nitrogens with zero attached hydrogens (tertiary/aromatic N) is 6. The molecule has 9 nitrogen and oxygen atoms in total. The van der Waals surface area contributed by atoms with E-state index in [1.165, 1.54) is 6.07 Å². The largest absolute Gasteiger partial charge is 0.433 e. The lowest BCUT2D eigenvalue weighted by atomic mass is 10.1. The van der Waals surface area contributed by atoms with Crippen LogP contribution in [0.3, 0.4) is 0 Å². The van der Waals surface area contributed by atoms with Crippen molar-refractivity contribution in [1.82, 2.24) is 29.4 Å². The summed E-state index contributed by atoms with van der Waals surface area (Å²) in [6, 6.07) is 8.78. The van der Waals surface area contributed by atoms with Crippen LogP contribution >= 0.6 is 0 Å². The van der Waals surface area contributed by atoms with E-state index in [0.29, 0.717) is 28.7 Å². The molecule has 1 aromatic carbocycles. The lowest BCUT2D eigenvalue weighted by Gasteiger charge is -2.09. The van der Waals surface area contributed by atoms with Gasteiger partial charge in [-0.05, 0) is 48.7 Å². The van der Waals surface area contributed by atoms with Gasteiger partial charge in [-0.15, -0.1) is 0 Å². The van der Waals surface area contributed by atoms with Crippen molar-refractivity contribution in [2.24, 2.45) is 7.05 Å². The molecule has 5 rings (SSSR count). The zero-order valence-electron chi connectivity index (χ0n) is 20.1. The first kappa shape index (κ1) is 24.5. The molecule has 0 saturated heterocycles. The molecule has 0 fully saturated rings. The number of amides is 1. The van der Waals surface area contributed by atoms with Gasteiger partial charge in [-0.3, -0.25) is 14.5 Å². The monoisotopic (exact) mass is 516 g/mol. The molecule has 1 amide bonds. The van der Waals surface area contributed by atoms with Gasteiger partial charge in [0.15, 0.2) is 5.65 Å². The number of nitrogens with one attached hydrogen (secondary N) is 2. The number of carbonyl (C=O) groups is 1. The second-order valence-corrected chi connectivity index (χ2v) is 8.31. The van der Waals surface area contributed by atoms with Crippen LogP contribution in [-0.4, -0.2) is 35.3 Å². The first-order valence-corrected chi connectivity index (χ1v) is 11.2. The van der Waals surface area contributed by atoms with Gasteiger partial charge in [-0.2, -0.15) is 23.4 Å². The van der Waals surface area contributed by atoms with E-state index < -0.39 is 17.8 Å². The van der Waals surface area contributed by atoms with E-state index in [1.807, 2.05) is 20.2 Å². The molecular formula is C26H19F3N8O. The van der Waals surface area contributed by atoms with Crippen LogP contribution in [0.4, 0.5) is 30.2 Å². The fourth-order valence-corrected chi connectivity index (χ4v) is 3.62. The maximum Gasteiger partial charge on any atom is 0.433 e. The highest BCUT2D eigenvalue weighted by atomic mass is 19.4. The van der Waals surface area contributed by atoms with Crippen molar-refractivity contribution >= 4 is 28.6 Å². The van der Waals surface area contributed by atoms with Gasteiger partial charge in [0.1, 0.15) is 11.4 Å². The molecule has 0 aliphatic heterocycles. The van der Waals surface area contributed by atoms with Crippen LogP contribution in [-0.2, 0) is 13.2 Å². The summed E-state index contributed by atoms with van der Waals surface area (Å²) < 4.78 is 42.1. The van der Waals surface area contributed by atoms with Crippen molar-refractivity contribution in [3.8, 4) is 11.8 Å². The van der Waals surface area contributed by atoms with E-state index in [2.05, 4.69) is 42.6 Å². The van der Waals surface area contributed by atoms with E-state index >= 15 is 0 Å². The molecule has 0 bridgehead atoms. The van der Waals surface area contributed by atoms with Crippen LogP contribution in [0.25, 0.3) is 5.65 Å². The molecule has 4 heterocycles. The highest BCUT2D eigenvalue weighted by Gasteiger charge is 2.33. The van der Waals surface area contributed by atoms with Crippen LogP contribution in [0.2, 0.25) is 0 Å². The first-order chi connectivity index (χ1) is 18.2. The fourth-order valence-electron chi connectivity index (χ4n) is 3.62. The third-order valence-electron chi connectivity index (χ3n) is 5.52. The number of aromatic nitrogens is 6. The molecule has 190 valence electrons. The third kappa shape index (κ3) is 5.17. The number of benzene rings is 1. The number of hydrogen-bond acceptors (Lipinski definition) is 6. The molecule has 0 aliphatic rings. The van der Waals surface area contributed by atoms with Crippen molar-refractivity contribution in [3.63, 3.8) is 0 Å². The average molecular weight is 516 g/mol. The third-order valence-corrected chi connectivity index (χ3v) is 5.52. The Morgan fingerprint density at radius 3 is 2.58 bits per heavy atom. The number of imidazole rings is 1. The maximum absolute atomic E-state index is 12.9. The topological polar surface area (TPSA) is 102 Å². The van der Waals surface area contributed by atoms with Gasteiger partial charge in [0.05, 0.1) is 30.0 Å². The first-order valence-electron chi connectivity index (χ1n) is 11.2. The number of halogens is 3. The summed E-state index contributed by atoms with van der Waals surface area (Å²) in [6.07, 6.45) is 3.06. The molecule has 0 saturated carbocycles. The SMILES string of the molecule is Cc1ccc(NC(=O)c2ccnc(C(F)(F)F)c2)cc1C#Cc1cnc2c(Nc3cnn(C)c3)ccnn12. The van der Waals surface area contributed by atoms with Crippen LogP contribution < -0.4 is 10.6 Å². The van der Waals surface area contributed by atoms with Gasteiger partial charge in [0.25, 0.3) is 5.91 Å². The van der Waals surface area contributed by atoms with Gasteiger partial charge < -0.3 is 10.6 Å². The standard InChI is InChI=1S/C26H19F3N8O/c1-16-3-5-19(35-25(38)18-7-9-30-23(12-18)26(27,28)29)11-17(16)4-6-21-14-31-24-22(8-10-32-37(21)24)34-20-13-33-36(2)15-20/h3,5,7-15,34H,1-2H3,(H,35,38). The summed E-state index contributed by atoms with van der Waals surface area (Å²) in [5.41, 5.74) is 3.20. The Labute approximate surface area is 214 Å². The number of hydrogen-bond donors (Lipinski definition) is 2. The summed E-state index contributed by atoms with van der Waals surface area (Å²) in [7, 11) is 1.82. The molecule has 5 aromatic rings. The Kier molecular flexibility index (Phi) is 6.26. The Balaban J connectivity index is 1.38. The molecule has 0 atom stereocenters. The summed E-state index contributed by atoms with van der Waals surface area (Å²) in [5, 5.41) is 14.4. The molecule has 4 aromatic heterocycles. The smallest absolute Gasteiger partial charge is 0.350 e. The second-order valence-electron chi connectivity index (χ2n) is 8.31. The lowest BCUT2D eigenvalue weighted by molar-refractivity contribution is -0.141. The van der Waals surface area contributed by atoms with Gasteiger partial charge in [-0.1, -0.05) is 12.0 Å². The molecular weight excluding hydrogens is 497 g/mol. The average Bonchev–Trinajstić information content (AvgIpc) is 3.50. The maximum atomic E-state index is 12.9. The van der Waals surface area contributed by atoms with Crippen LogP contribution in [0.5, 0.6) is 0 Å². The van der Waals surface area contributed by atoms with E-state index in [0.717, 1.165) is 23.1 Å². The van der Waals surface area contributed by atoms with E-state index in [4.69, 9.17) is 0 Å².